The number of carbonyl (C=O) groups is 2. The Labute approximate surface area is 197 Å². The summed E-state index contributed by atoms with van der Waals surface area (Å²) in [6, 6.07) is 17.6. The highest BCUT2D eigenvalue weighted by Crippen LogP contribution is 2.48. The first-order valence-electron chi connectivity index (χ1n) is 11.1. The molecule has 0 spiro atoms. The average Bonchev–Trinajstić information content (AvgIpc) is 3.29. The zero-order valence-corrected chi connectivity index (χ0v) is 19.7. The van der Waals surface area contributed by atoms with E-state index in [1.54, 1.807) is 30.3 Å². The summed E-state index contributed by atoms with van der Waals surface area (Å²) in [6.45, 7) is 3.59. The maximum Gasteiger partial charge on any atom is 0.224 e. The molecule has 2 atom stereocenters. The standard InChI is InChI=1S/C27H26N2O3S/c1-16-6-11-21-23(13-16)29(17(2)30)27(25-5-4-12-33-25)26-22(28-21)14-19(15-24(26)31)18-7-9-20(32-3)10-8-18/h4-13,19,27-28H,14-15H2,1-3H3/t19-,27+/m0/s1. The largest absolute Gasteiger partial charge is 0.497 e. The summed E-state index contributed by atoms with van der Waals surface area (Å²) in [5.74, 6) is 0.864. The van der Waals surface area contributed by atoms with Crippen molar-refractivity contribution in [3.05, 3.63) is 87.3 Å². The Hall–Kier alpha value is -3.38. The van der Waals surface area contributed by atoms with Gasteiger partial charge in [-0.1, -0.05) is 24.3 Å². The SMILES string of the molecule is COc1ccc([C@@H]2CC(=O)C3=C(C2)Nc2ccc(C)cc2N(C(C)=O)[C@@H]3c2cccs2)cc1. The summed E-state index contributed by atoms with van der Waals surface area (Å²) in [7, 11) is 1.65. The van der Waals surface area contributed by atoms with E-state index in [4.69, 9.17) is 4.74 Å². The molecule has 1 aliphatic carbocycles. The van der Waals surface area contributed by atoms with Gasteiger partial charge in [-0.25, -0.2) is 0 Å². The first-order chi connectivity index (χ1) is 16.0. The van der Waals surface area contributed by atoms with Gasteiger partial charge in [0.2, 0.25) is 5.91 Å². The van der Waals surface area contributed by atoms with Crippen molar-refractivity contribution in [3.63, 3.8) is 0 Å². The number of allylic oxidation sites excluding steroid dienone is 1. The van der Waals surface area contributed by atoms with Crippen LogP contribution in [0.15, 0.2) is 71.2 Å². The third-order valence-corrected chi connectivity index (χ3v) is 7.40. The number of ether oxygens (including phenoxy) is 1. The number of hydrogen-bond donors (Lipinski definition) is 1. The highest BCUT2D eigenvalue weighted by Gasteiger charge is 2.41. The number of rotatable bonds is 3. The Balaban J connectivity index is 1.66. The van der Waals surface area contributed by atoms with E-state index >= 15 is 0 Å². The number of fused-ring (bicyclic) bond motifs is 1. The molecule has 0 fully saturated rings. The van der Waals surface area contributed by atoms with Gasteiger partial charge in [0.15, 0.2) is 5.78 Å². The van der Waals surface area contributed by atoms with Crippen molar-refractivity contribution in [3.8, 4) is 5.75 Å². The van der Waals surface area contributed by atoms with Crippen molar-refractivity contribution >= 4 is 34.4 Å². The van der Waals surface area contributed by atoms with Crippen LogP contribution >= 0.6 is 11.3 Å². The fourth-order valence-electron chi connectivity index (χ4n) is 4.92. The Morgan fingerprint density at radius 2 is 1.91 bits per heavy atom. The number of methoxy groups -OCH3 is 1. The number of Topliss-reactive ketones (excluding diaryl/α,β-unsaturated/α-hetero) is 1. The summed E-state index contributed by atoms with van der Waals surface area (Å²) >= 11 is 1.58. The smallest absolute Gasteiger partial charge is 0.224 e. The number of hydrogen-bond acceptors (Lipinski definition) is 5. The molecule has 1 aliphatic heterocycles. The van der Waals surface area contributed by atoms with Crippen molar-refractivity contribution in [1.29, 1.82) is 0 Å². The molecule has 2 aliphatic rings. The van der Waals surface area contributed by atoms with E-state index in [1.807, 2.05) is 66.9 Å². The quantitative estimate of drug-likeness (QED) is 0.524. The third-order valence-electron chi connectivity index (χ3n) is 6.48. The predicted octanol–water partition coefficient (Wildman–Crippen LogP) is 5.99. The molecule has 6 heteroatoms. The van der Waals surface area contributed by atoms with Crippen LogP contribution in [0.5, 0.6) is 5.75 Å². The molecular formula is C27H26N2O3S. The number of nitrogens with zero attached hydrogens (tertiary/aromatic N) is 1. The molecular weight excluding hydrogens is 432 g/mol. The molecule has 5 nitrogen and oxygen atoms in total. The average molecular weight is 459 g/mol. The van der Waals surface area contributed by atoms with Gasteiger partial charge in [0.1, 0.15) is 11.8 Å². The fourth-order valence-corrected chi connectivity index (χ4v) is 5.75. The van der Waals surface area contributed by atoms with E-state index in [0.29, 0.717) is 18.4 Å². The Morgan fingerprint density at radius 3 is 2.58 bits per heavy atom. The zero-order chi connectivity index (χ0) is 23.1. The fraction of sp³-hybridized carbons (Fsp3) is 0.259. The van der Waals surface area contributed by atoms with Crippen LogP contribution in [-0.4, -0.2) is 18.8 Å². The van der Waals surface area contributed by atoms with Crippen molar-refractivity contribution in [2.24, 2.45) is 0 Å². The Morgan fingerprint density at radius 1 is 1.12 bits per heavy atom. The van der Waals surface area contributed by atoms with E-state index in [1.165, 1.54) is 0 Å². The molecule has 1 aromatic heterocycles. The van der Waals surface area contributed by atoms with Crippen LogP contribution in [-0.2, 0) is 9.59 Å². The lowest BCUT2D eigenvalue weighted by Gasteiger charge is -2.33. The van der Waals surface area contributed by atoms with Crippen LogP contribution in [0, 0.1) is 6.92 Å². The van der Waals surface area contributed by atoms with Gasteiger partial charge < -0.3 is 10.1 Å². The summed E-state index contributed by atoms with van der Waals surface area (Å²) < 4.78 is 5.29. The molecule has 0 radical (unpaired) electrons. The first kappa shape index (κ1) is 21.5. The second-order valence-corrected chi connectivity index (χ2v) is 9.63. The van der Waals surface area contributed by atoms with Crippen molar-refractivity contribution in [2.45, 2.75) is 38.6 Å². The third kappa shape index (κ3) is 3.85. The maximum absolute atomic E-state index is 13.7. The number of nitrogens with one attached hydrogen (secondary N) is 1. The van der Waals surface area contributed by atoms with Gasteiger partial charge in [-0.2, -0.15) is 0 Å². The molecule has 0 saturated heterocycles. The lowest BCUT2D eigenvalue weighted by atomic mass is 9.79. The molecule has 3 aromatic rings. The van der Waals surface area contributed by atoms with Crippen molar-refractivity contribution in [2.75, 3.05) is 17.3 Å². The second-order valence-electron chi connectivity index (χ2n) is 8.65. The molecule has 5 rings (SSSR count). The molecule has 0 saturated carbocycles. The molecule has 33 heavy (non-hydrogen) atoms. The zero-order valence-electron chi connectivity index (χ0n) is 18.9. The molecule has 2 aromatic carbocycles. The van der Waals surface area contributed by atoms with E-state index in [9.17, 15) is 9.59 Å². The number of thiophene rings is 1. The number of amides is 1. The molecule has 0 bridgehead atoms. The monoisotopic (exact) mass is 458 g/mol. The summed E-state index contributed by atoms with van der Waals surface area (Å²) in [4.78, 5) is 29.5. The lowest BCUT2D eigenvalue weighted by molar-refractivity contribution is -0.117. The van der Waals surface area contributed by atoms with Gasteiger partial charge in [0.05, 0.1) is 18.5 Å². The van der Waals surface area contributed by atoms with Crippen molar-refractivity contribution in [1.82, 2.24) is 0 Å². The topological polar surface area (TPSA) is 58.6 Å². The summed E-state index contributed by atoms with van der Waals surface area (Å²) in [5.41, 5.74) is 5.44. The molecule has 1 N–H and O–H groups in total. The molecule has 1 amide bonds. The van der Waals surface area contributed by atoms with Crippen LogP contribution in [0.3, 0.4) is 0 Å². The second kappa shape index (κ2) is 8.52. The first-order valence-corrected chi connectivity index (χ1v) is 11.9. The lowest BCUT2D eigenvalue weighted by Crippen LogP contribution is -2.36. The van der Waals surface area contributed by atoms with E-state index in [2.05, 4.69) is 5.32 Å². The molecule has 2 heterocycles. The van der Waals surface area contributed by atoms with Crippen LogP contribution in [0.1, 0.15) is 47.7 Å². The maximum atomic E-state index is 13.7. The van der Waals surface area contributed by atoms with Gasteiger partial charge >= 0.3 is 0 Å². The van der Waals surface area contributed by atoms with Crippen LogP contribution in [0.4, 0.5) is 11.4 Å². The Kier molecular flexibility index (Phi) is 5.54. The Bertz CT molecular complexity index is 1240. The highest BCUT2D eigenvalue weighted by molar-refractivity contribution is 7.10. The van der Waals surface area contributed by atoms with E-state index in [0.717, 1.165) is 38.8 Å². The number of anilines is 2. The minimum absolute atomic E-state index is 0.0661. The number of carbonyl (C=O) groups excluding carboxylic acids is 2. The normalized spacial score (nSPS) is 20.0. The minimum atomic E-state index is -0.433. The van der Waals surface area contributed by atoms with E-state index in [-0.39, 0.29) is 17.6 Å². The molecule has 0 unspecified atom stereocenters. The van der Waals surface area contributed by atoms with Crippen LogP contribution in [0.25, 0.3) is 0 Å². The number of benzene rings is 2. The van der Waals surface area contributed by atoms with Gasteiger partial charge in [-0.05, 0) is 66.1 Å². The highest BCUT2D eigenvalue weighted by atomic mass is 32.1. The predicted molar refractivity (Wildman–Crippen MR) is 132 cm³/mol. The van der Waals surface area contributed by atoms with Gasteiger partial charge in [-0.15, -0.1) is 11.3 Å². The van der Waals surface area contributed by atoms with Crippen molar-refractivity contribution < 1.29 is 14.3 Å². The van der Waals surface area contributed by atoms with Gasteiger partial charge in [0, 0.05) is 29.5 Å². The van der Waals surface area contributed by atoms with Crippen LogP contribution < -0.4 is 15.0 Å². The minimum Gasteiger partial charge on any atom is -0.497 e. The summed E-state index contributed by atoms with van der Waals surface area (Å²) in [6.07, 6.45) is 1.12. The molecule has 168 valence electrons. The number of ketones is 1. The van der Waals surface area contributed by atoms with E-state index < -0.39 is 6.04 Å². The van der Waals surface area contributed by atoms with Gasteiger partial charge in [0.25, 0.3) is 0 Å². The summed E-state index contributed by atoms with van der Waals surface area (Å²) in [5, 5.41) is 5.56. The van der Waals surface area contributed by atoms with Gasteiger partial charge in [-0.3, -0.25) is 14.5 Å². The van der Waals surface area contributed by atoms with Crippen LogP contribution in [0.2, 0.25) is 0 Å². The number of aryl methyl sites for hydroxylation is 1.